The zero-order chi connectivity index (χ0) is 21.6. The third-order valence-corrected chi connectivity index (χ3v) is 5.68. The van der Waals surface area contributed by atoms with Crippen LogP contribution in [0.4, 0.5) is 0 Å². The maximum Gasteiger partial charge on any atom is 0.258 e. The molecule has 0 spiro atoms. The molecule has 0 atom stereocenters. The van der Waals surface area contributed by atoms with Crippen molar-refractivity contribution in [2.24, 2.45) is 0 Å². The highest BCUT2D eigenvalue weighted by Crippen LogP contribution is 2.31. The molecule has 6 heteroatoms. The number of rotatable bonds is 5. The molecule has 1 heterocycles. The number of hydrogen-bond acceptors (Lipinski definition) is 5. The Kier molecular flexibility index (Phi) is 6.55. The van der Waals surface area contributed by atoms with Crippen molar-refractivity contribution in [2.75, 3.05) is 6.61 Å². The number of benzene rings is 2. The molecule has 1 saturated carbocycles. The second kappa shape index (κ2) is 9.69. The number of carbonyl (C=O) groups is 1. The van der Waals surface area contributed by atoms with Crippen molar-refractivity contribution in [1.82, 2.24) is 5.32 Å². The van der Waals surface area contributed by atoms with Crippen molar-refractivity contribution in [2.45, 2.75) is 51.0 Å². The fourth-order valence-electron chi connectivity index (χ4n) is 4.09. The molecule has 1 amide bonds. The monoisotopic (exact) mass is 421 g/mol. The van der Waals surface area contributed by atoms with Crippen molar-refractivity contribution in [1.29, 1.82) is 0 Å². The summed E-state index contributed by atoms with van der Waals surface area (Å²) in [5.74, 6) is 0.244. The third kappa shape index (κ3) is 5.26. The summed E-state index contributed by atoms with van der Waals surface area (Å²) in [6, 6.07) is 13.7. The lowest BCUT2D eigenvalue weighted by molar-refractivity contribution is -0.123. The summed E-state index contributed by atoms with van der Waals surface area (Å²) in [7, 11) is 0. The number of fused-ring (bicyclic) bond motifs is 1. The summed E-state index contributed by atoms with van der Waals surface area (Å²) in [5, 5.41) is 13.5. The Labute approximate surface area is 180 Å². The Hall–Kier alpha value is -3.28. The van der Waals surface area contributed by atoms with Crippen LogP contribution in [0, 0.1) is 0 Å². The zero-order valence-corrected chi connectivity index (χ0v) is 17.4. The molecule has 3 aromatic rings. The fraction of sp³-hybridized carbons (Fsp3) is 0.360. The number of aromatic hydroxyl groups is 1. The fourth-order valence-corrected chi connectivity index (χ4v) is 4.09. The van der Waals surface area contributed by atoms with Crippen LogP contribution in [-0.4, -0.2) is 23.7 Å². The SMILES string of the molecule is O=C(COc1cc(O)c2c(=O)cc(-c3ccccc3)oc2c1)NC1CCCCCCC1. The van der Waals surface area contributed by atoms with Gasteiger partial charge in [-0.25, -0.2) is 0 Å². The molecule has 0 bridgehead atoms. The van der Waals surface area contributed by atoms with Gasteiger partial charge in [-0.1, -0.05) is 62.4 Å². The van der Waals surface area contributed by atoms with Gasteiger partial charge in [-0.05, 0) is 12.8 Å². The van der Waals surface area contributed by atoms with E-state index in [1.54, 1.807) is 0 Å². The molecule has 4 rings (SSSR count). The number of phenols is 1. The van der Waals surface area contributed by atoms with E-state index < -0.39 is 0 Å². The number of nitrogens with one attached hydrogen (secondary N) is 1. The lowest BCUT2D eigenvalue weighted by Crippen LogP contribution is -2.38. The number of ether oxygens (including phenoxy) is 1. The highest BCUT2D eigenvalue weighted by atomic mass is 16.5. The average molecular weight is 421 g/mol. The van der Waals surface area contributed by atoms with Gasteiger partial charge in [-0.2, -0.15) is 0 Å². The van der Waals surface area contributed by atoms with E-state index >= 15 is 0 Å². The van der Waals surface area contributed by atoms with Gasteiger partial charge < -0.3 is 19.6 Å². The predicted octanol–water partition coefficient (Wildman–Crippen LogP) is 4.77. The molecule has 1 fully saturated rings. The van der Waals surface area contributed by atoms with Crippen molar-refractivity contribution in [3.8, 4) is 22.8 Å². The molecule has 162 valence electrons. The van der Waals surface area contributed by atoms with E-state index in [9.17, 15) is 14.7 Å². The molecule has 31 heavy (non-hydrogen) atoms. The first-order valence-corrected chi connectivity index (χ1v) is 10.9. The smallest absolute Gasteiger partial charge is 0.258 e. The van der Waals surface area contributed by atoms with Crippen LogP contribution in [0.3, 0.4) is 0 Å². The van der Waals surface area contributed by atoms with Crippen LogP contribution in [0.2, 0.25) is 0 Å². The van der Waals surface area contributed by atoms with Crippen LogP contribution in [-0.2, 0) is 4.79 Å². The van der Waals surface area contributed by atoms with E-state index in [0.717, 1.165) is 31.2 Å². The summed E-state index contributed by atoms with van der Waals surface area (Å²) in [4.78, 5) is 24.9. The molecule has 6 nitrogen and oxygen atoms in total. The van der Waals surface area contributed by atoms with Crippen LogP contribution in [0.15, 0.2) is 57.7 Å². The third-order valence-electron chi connectivity index (χ3n) is 5.68. The number of carbonyl (C=O) groups excluding carboxylic acids is 1. The van der Waals surface area contributed by atoms with Gasteiger partial charge in [-0.3, -0.25) is 9.59 Å². The molecular weight excluding hydrogens is 394 g/mol. The van der Waals surface area contributed by atoms with Gasteiger partial charge in [0.2, 0.25) is 0 Å². The summed E-state index contributed by atoms with van der Waals surface area (Å²) in [6.45, 7) is -0.163. The molecule has 1 aliphatic carbocycles. The summed E-state index contributed by atoms with van der Waals surface area (Å²) in [6.07, 6.45) is 7.97. The molecule has 0 saturated heterocycles. The average Bonchev–Trinajstić information content (AvgIpc) is 2.74. The normalized spacial score (nSPS) is 15.2. The first-order chi connectivity index (χ1) is 15.1. The Morgan fingerprint density at radius 2 is 1.74 bits per heavy atom. The number of phenolic OH excluding ortho intramolecular Hbond substituents is 1. The summed E-state index contributed by atoms with van der Waals surface area (Å²) < 4.78 is 11.5. The Morgan fingerprint density at radius 1 is 1.03 bits per heavy atom. The van der Waals surface area contributed by atoms with Gasteiger partial charge in [0.05, 0.1) is 0 Å². The molecule has 0 unspecified atom stereocenters. The van der Waals surface area contributed by atoms with E-state index in [0.29, 0.717) is 5.76 Å². The molecule has 2 aromatic carbocycles. The first-order valence-electron chi connectivity index (χ1n) is 10.9. The lowest BCUT2D eigenvalue weighted by atomic mass is 9.97. The van der Waals surface area contributed by atoms with Crippen LogP contribution in [0.25, 0.3) is 22.3 Å². The first kappa shape index (κ1) is 21.0. The van der Waals surface area contributed by atoms with Gasteiger partial charge in [0.15, 0.2) is 12.0 Å². The highest BCUT2D eigenvalue weighted by Gasteiger charge is 2.16. The molecule has 0 aliphatic heterocycles. The summed E-state index contributed by atoms with van der Waals surface area (Å²) in [5.41, 5.74) is 0.624. The maximum absolute atomic E-state index is 12.5. The van der Waals surface area contributed by atoms with E-state index in [2.05, 4.69) is 5.32 Å². The summed E-state index contributed by atoms with van der Waals surface area (Å²) >= 11 is 0. The molecule has 1 aliphatic rings. The molecular formula is C25H27NO5. The molecule has 0 radical (unpaired) electrons. The predicted molar refractivity (Wildman–Crippen MR) is 119 cm³/mol. The largest absolute Gasteiger partial charge is 0.507 e. The quantitative estimate of drug-likeness (QED) is 0.619. The maximum atomic E-state index is 12.5. The topological polar surface area (TPSA) is 88.8 Å². The highest BCUT2D eigenvalue weighted by molar-refractivity contribution is 5.86. The Morgan fingerprint density at radius 3 is 2.48 bits per heavy atom. The second-order valence-electron chi connectivity index (χ2n) is 8.05. The van der Waals surface area contributed by atoms with Crippen LogP contribution >= 0.6 is 0 Å². The van der Waals surface area contributed by atoms with Gasteiger partial charge >= 0.3 is 0 Å². The molecule has 1 aromatic heterocycles. The standard InChI is InChI=1S/C25H27NO5/c27-20-13-19(30-16-24(29)26-18-11-7-2-1-3-8-12-18)14-23-25(20)21(28)15-22(31-23)17-9-5-4-6-10-17/h4-6,9-10,13-15,18,27H,1-3,7-8,11-12,16H2,(H,26,29). The minimum Gasteiger partial charge on any atom is -0.507 e. The van der Waals surface area contributed by atoms with Crippen molar-refractivity contribution < 1.29 is 19.1 Å². The van der Waals surface area contributed by atoms with Gasteiger partial charge in [0.1, 0.15) is 28.2 Å². The van der Waals surface area contributed by atoms with Gasteiger partial charge in [0, 0.05) is 29.8 Å². The van der Waals surface area contributed by atoms with Crippen LogP contribution in [0.5, 0.6) is 11.5 Å². The second-order valence-corrected chi connectivity index (χ2v) is 8.05. The zero-order valence-electron chi connectivity index (χ0n) is 17.4. The van der Waals surface area contributed by atoms with Crippen molar-refractivity contribution >= 4 is 16.9 Å². The van der Waals surface area contributed by atoms with Crippen molar-refractivity contribution in [3.05, 3.63) is 58.8 Å². The lowest BCUT2D eigenvalue weighted by Gasteiger charge is -2.21. The van der Waals surface area contributed by atoms with E-state index in [-0.39, 0.29) is 46.5 Å². The Balaban J connectivity index is 1.49. The molecule has 2 N–H and O–H groups in total. The Bertz CT molecular complexity index is 1100. The van der Waals surface area contributed by atoms with Crippen LogP contribution in [0.1, 0.15) is 44.9 Å². The van der Waals surface area contributed by atoms with Gasteiger partial charge in [0.25, 0.3) is 5.91 Å². The van der Waals surface area contributed by atoms with Gasteiger partial charge in [-0.15, -0.1) is 0 Å². The van der Waals surface area contributed by atoms with E-state index in [4.69, 9.17) is 9.15 Å². The van der Waals surface area contributed by atoms with E-state index in [1.165, 1.54) is 37.5 Å². The van der Waals surface area contributed by atoms with E-state index in [1.807, 2.05) is 30.3 Å². The number of hydrogen-bond donors (Lipinski definition) is 2. The minimum absolute atomic E-state index is 0.0889. The van der Waals surface area contributed by atoms with Crippen LogP contribution < -0.4 is 15.5 Å². The van der Waals surface area contributed by atoms with Crippen molar-refractivity contribution in [3.63, 3.8) is 0 Å². The number of amides is 1. The minimum atomic E-state index is -0.342.